The molecule has 0 N–H and O–H groups in total. The van der Waals surface area contributed by atoms with Gasteiger partial charge in [0.25, 0.3) is 0 Å². The molecule has 0 spiro atoms. The predicted octanol–water partition coefficient (Wildman–Crippen LogP) is 5.87. The molecule has 0 heterocycles. The van der Waals surface area contributed by atoms with Crippen LogP contribution in [-0.2, 0) is 55.3 Å². The fourth-order valence-electron chi connectivity index (χ4n) is 2.43. The van der Waals surface area contributed by atoms with Gasteiger partial charge < -0.3 is 0 Å². The summed E-state index contributed by atoms with van der Waals surface area (Å²) in [7, 11) is -21.9. The fraction of sp³-hybridized carbons (Fsp3) is 0.455. The molecule has 2 aromatic carbocycles. The Morgan fingerprint density at radius 3 is 1.06 bits per heavy atom. The predicted molar refractivity (Wildman–Crippen MR) is 167 cm³/mol. The first-order chi connectivity index (χ1) is 21.2. The van der Waals surface area contributed by atoms with Crippen LogP contribution in [0.4, 0.5) is 26.3 Å². The summed E-state index contributed by atoms with van der Waals surface area (Å²) in [6.45, 7) is 5.98. The molecule has 0 aliphatic carbocycles. The standard InChI is InChI=1S/C22H26F6I2O13S4/c1-15(2)13-39-44(31,32)19-9-5-17(6-10-19)29(42-46(35,36)21(23,24)25)41-30(43-47(37,38)22(26,27)28)18-7-11-20(12-8-18)45(33,34)40-14-16(3)4/h5-12,15-16H,13-14H2,1-4H3. The molecule has 0 aliphatic rings. The molecule has 0 aliphatic heterocycles. The number of alkyl halides is 6. The Kier molecular flexibility index (Phi) is 14.3. The molecule has 0 amide bonds. The average molecular weight is 995 g/mol. The second-order valence-corrected chi connectivity index (χ2v) is 25.5. The fourth-order valence-corrected chi connectivity index (χ4v) is 19.8. The third-order valence-corrected chi connectivity index (χ3v) is 21.8. The second kappa shape index (κ2) is 16.0. The van der Waals surface area contributed by atoms with Gasteiger partial charge in [0.1, 0.15) is 0 Å². The zero-order valence-corrected chi connectivity index (χ0v) is 31.7. The van der Waals surface area contributed by atoms with Gasteiger partial charge in [-0.1, -0.05) is 0 Å². The molecule has 272 valence electrons. The van der Waals surface area contributed by atoms with E-state index in [1.165, 1.54) is 0 Å². The van der Waals surface area contributed by atoms with Gasteiger partial charge >= 0.3 is 286 Å². The Labute approximate surface area is 283 Å². The van der Waals surface area contributed by atoms with Crippen molar-refractivity contribution < 1.29 is 74.8 Å². The maximum atomic E-state index is 13.3. The van der Waals surface area contributed by atoms with Crippen molar-refractivity contribution in [2.75, 3.05) is 13.2 Å². The average Bonchev–Trinajstić information content (AvgIpc) is 2.93. The molecule has 0 saturated carbocycles. The minimum atomic E-state index is -6.54. The summed E-state index contributed by atoms with van der Waals surface area (Å²) in [5.74, 6) is -0.484. The van der Waals surface area contributed by atoms with Crippen LogP contribution in [0.2, 0.25) is 0 Å². The molecule has 0 fully saturated rings. The molecule has 2 aromatic rings. The summed E-state index contributed by atoms with van der Waals surface area (Å²) in [5, 5.41) is 0. The number of hydrogen-bond acceptors (Lipinski definition) is 13. The molecule has 2 rings (SSSR count). The Morgan fingerprint density at radius 2 is 0.830 bits per heavy atom. The van der Waals surface area contributed by atoms with Gasteiger partial charge in [-0.15, -0.1) is 0 Å². The van der Waals surface area contributed by atoms with E-state index >= 15 is 0 Å². The Bertz CT molecular complexity index is 1660. The third kappa shape index (κ3) is 12.1. The molecule has 47 heavy (non-hydrogen) atoms. The maximum absolute atomic E-state index is 13.3. The molecule has 0 atom stereocenters. The van der Waals surface area contributed by atoms with Gasteiger partial charge in [-0.05, 0) is 0 Å². The molecule has 0 radical (unpaired) electrons. The topological polar surface area (TPSA) is 183 Å². The van der Waals surface area contributed by atoms with E-state index in [1.54, 1.807) is 27.7 Å². The van der Waals surface area contributed by atoms with Gasteiger partial charge in [0.05, 0.1) is 0 Å². The van der Waals surface area contributed by atoms with E-state index in [9.17, 15) is 60.0 Å². The Balaban J connectivity index is 2.65. The number of hydrogen-bond donors (Lipinski definition) is 0. The van der Waals surface area contributed by atoms with Crippen LogP contribution in [0.15, 0.2) is 58.3 Å². The molecular weight excluding hydrogens is 968 g/mol. The zero-order chi connectivity index (χ0) is 36.2. The van der Waals surface area contributed by atoms with E-state index in [1.807, 2.05) is 0 Å². The van der Waals surface area contributed by atoms with Gasteiger partial charge in [-0.3, -0.25) is 0 Å². The SMILES string of the molecule is CC(C)COS(=O)(=O)c1ccc(I(OI(OS(=O)(=O)C(F)(F)F)c2ccc(S(=O)(=O)OCC(C)C)cc2)OS(=O)(=O)C(F)(F)F)cc1. The van der Waals surface area contributed by atoms with Crippen molar-refractivity contribution in [2.24, 2.45) is 11.8 Å². The molecule has 0 aromatic heterocycles. The van der Waals surface area contributed by atoms with Crippen molar-refractivity contribution in [2.45, 2.75) is 48.5 Å². The van der Waals surface area contributed by atoms with Gasteiger partial charge in [-0.2, -0.15) is 0 Å². The summed E-state index contributed by atoms with van der Waals surface area (Å²) < 4.78 is 199. The summed E-state index contributed by atoms with van der Waals surface area (Å²) in [6.07, 6.45) is 0. The van der Waals surface area contributed by atoms with Crippen molar-refractivity contribution in [1.29, 1.82) is 0 Å². The monoisotopic (exact) mass is 994 g/mol. The van der Waals surface area contributed by atoms with E-state index in [0.717, 1.165) is 48.5 Å². The van der Waals surface area contributed by atoms with Gasteiger partial charge in [0.2, 0.25) is 0 Å². The van der Waals surface area contributed by atoms with Crippen molar-refractivity contribution in [3.05, 3.63) is 55.7 Å². The Morgan fingerprint density at radius 1 is 0.553 bits per heavy atom. The summed E-state index contributed by atoms with van der Waals surface area (Å²) >= 11 is -9.95. The molecule has 25 heteroatoms. The van der Waals surface area contributed by atoms with E-state index in [4.69, 9.17) is 9.76 Å². The zero-order valence-electron chi connectivity index (χ0n) is 24.2. The summed E-state index contributed by atoms with van der Waals surface area (Å²) in [6, 6.07) is 5.95. The van der Waals surface area contributed by atoms with Crippen LogP contribution < -0.4 is 0 Å². The first-order valence-corrected chi connectivity index (χ1v) is 23.6. The van der Waals surface area contributed by atoms with Crippen LogP contribution in [0.1, 0.15) is 27.7 Å². The minimum absolute atomic E-state index is 0.242. The quantitative estimate of drug-likeness (QED) is 0.0844. The van der Waals surface area contributed by atoms with E-state index in [2.05, 4.69) is 5.03 Å². The molecular formula is C22H26F6I2O13S4. The number of rotatable bonds is 16. The third-order valence-electron chi connectivity index (χ3n) is 4.63. The summed E-state index contributed by atoms with van der Waals surface area (Å²) in [5.41, 5.74) is -12.2. The molecule has 0 unspecified atom stereocenters. The van der Waals surface area contributed by atoms with Crippen LogP contribution in [0, 0.1) is 19.0 Å². The van der Waals surface area contributed by atoms with Crippen molar-refractivity contribution in [1.82, 2.24) is 0 Å². The first-order valence-electron chi connectivity index (χ1n) is 12.3. The van der Waals surface area contributed by atoms with Gasteiger partial charge in [-0.25, -0.2) is 0 Å². The number of halogens is 8. The van der Waals surface area contributed by atoms with Crippen LogP contribution in [0.25, 0.3) is 0 Å². The Hall–Kier alpha value is -0.920. The van der Waals surface area contributed by atoms with Crippen molar-refractivity contribution in [3.8, 4) is 0 Å². The number of benzene rings is 2. The van der Waals surface area contributed by atoms with E-state index < -0.39 is 110 Å². The van der Waals surface area contributed by atoms with Crippen molar-refractivity contribution >= 4 is 81.8 Å². The van der Waals surface area contributed by atoms with Crippen LogP contribution >= 0.6 is 41.3 Å². The van der Waals surface area contributed by atoms with Crippen LogP contribution in [-0.4, -0.2) is 57.9 Å². The van der Waals surface area contributed by atoms with Crippen LogP contribution in [0.3, 0.4) is 0 Å². The van der Waals surface area contributed by atoms with Crippen LogP contribution in [0.5, 0.6) is 0 Å². The van der Waals surface area contributed by atoms with Gasteiger partial charge in [0, 0.05) is 0 Å². The van der Waals surface area contributed by atoms with Crippen molar-refractivity contribution in [3.63, 3.8) is 0 Å². The first kappa shape index (κ1) is 42.2. The van der Waals surface area contributed by atoms with Gasteiger partial charge in [0.15, 0.2) is 0 Å². The van der Waals surface area contributed by atoms with E-state index in [0.29, 0.717) is 0 Å². The summed E-state index contributed by atoms with van der Waals surface area (Å²) in [4.78, 5) is -1.11. The van der Waals surface area contributed by atoms with E-state index in [-0.39, 0.29) is 25.0 Å². The molecule has 13 nitrogen and oxygen atoms in total. The second-order valence-electron chi connectivity index (χ2n) is 9.59. The normalized spacial score (nSPS) is 14.5. The molecule has 0 saturated heterocycles. The molecule has 0 bridgehead atoms.